The zero-order valence-electron chi connectivity index (χ0n) is 64.6. The zero-order chi connectivity index (χ0) is 80.9. The highest BCUT2D eigenvalue weighted by Crippen LogP contribution is 2.45. The third-order valence-corrected chi connectivity index (χ3v) is 24.4. The number of morpholine rings is 1. The van der Waals surface area contributed by atoms with Gasteiger partial charge in [-0.15, -0.1) is 11.6 Å². The van der Waals surface area contributed by atoms with Crippen LogP contribution in [0, 0.1) is 41.4 Å². The number of likely N-dealkylation sites (N-methyl/N-ethyl adjacent to an activating group) is 6. The van der Waals surface area contributed by atoms with Gasteiger partial charge in [0.1, 0.15) is 47.8 Å². The van der Waals surface area contributed by atoms with Crippen molar-refractivity contribution in [2.75, 3.05) is 101 Å². The number of amides is 12. The van der Waals surface area contributed by atoms with E-state index in [1.807, 2.05) is 0 Å². The molecule has 3 saturated heterocycles. The third kappa shape index (κ3) is 23.5. The fourth-order valence-electron chi connectivity index (χ4n) is 17.1. The van der Waals surface area contributed by atoms with Crippen LogP contribution in [0.25, 0.3) is 0 Å². The number of fused-ring (bicyclic) bond motifs is 1. The lowest BCUT2D eigenvalue weighted by atomic mass is 9.78. The van der Waals surface area contributed by atoms with Crippen LogP contribution in [0.5, 0.6) is 0 Å². The Kier molecular flexibility index (Phi) is 31.7. The molecular formula is C74H114ClF9N12O13. The maximum Gasteiger partial charge on any atom is 0.393 e. The molecule has 4 aliphatic carbocycles. The van der Waals surface area contributed by atoms with E-state index >= 15 is 33.6 Å². The first kappa shape index (κ1) is 89.5. The van der Waals surface area contributed by atoms with Crippen molar-refractivity contribution in [2.45, 2.75) is 254 Å². The maximum atomic E-state index is 15.7. The number of nitrogens with one attached hydrogen (secondary N) is 3. The Balaban J connectivity index is 1.31. The summed E-state index contributed by atoms with van der Waals surface area (Å²) in [5, 5.41) is 7.08. The number of rotatable bonds is 13. The first-order valence-corrected chi connectivity index (χ1v) is 39.2. The van der Waals surface area contributed by atoms with Crippen molar-refractivity contribution in [3.63, 3.8) is 0 Å². The highest BCUT2D eigenvalue weighted by atomic mass is 35.5. The van der Waals surface area contributed by atoms with Crippen molar-refractivity contribution < 1.29 is 102 Å². The summed E-state index contributed by atoms with van der Waals surface area (Å²) in [6.07, 6.45) is -15.1. The van der Waals surface area contributed by atoms with Gasteiger partial charge < -0.3 is 64.8 Å². The average Bonchev–Trinajstić information content (AvgIpc) is 1.70. The van der Waals surface area contributed by atoms with Gasteiger partial charge in [-0.2, -0.15) is 39.5 Å². The van der Waals surface area contributed by atoms with Crippen LogP contribution in [-0.4, -0.2) is 288 Å². The number of alkyl halides is 10. The molecule has 109 heavy (non-hydrogen) atoms. The summed E-state index contributed by atoms with van der Waals surface area (Å²) in [4.78, 5) is 190. The SMILES string of the molecule is CC[C@H](C)[C@@H]1NC(=O)[C@H](CC(C)C)N(C)C(=O)C[C@@H](C(=O)N2CCOCC2)N(C)C(=O)[C@H](C2CCCC2)N(C)C(=O)C2(CCCC2)NC(=O)[C@@H]2CCCN2C(=O)[C@H](CCC2CCC(C(F)(F)F)C(Cl)C2)NC(=O)CN(C)C(=O)[C@H](CC2CCC(C(F)(F)F)CC2)N(CCC(F)(F)F)C(=O)CN(C)C(=O)CN(C)C1=O. The van der Waals surface area contributed by atoms with E-state index in [1.54, 1.807) is 27.7 Å². The van der Waals surface area contributed by atoms with Gasteiger partial charge in [0.15, 0.2) is 0 Å². The van der Waals surface area contributed by atoms with Crippen molar-refractivity contribution in [3.05, 3.63) is 0 Å². The van der Waals surface area contributed by atoms with Gasteiger partial charge >= 0.3 is 18.5 Å². The second-order valence-corrected chi connectivity index (χ2v) is 32.7. The quantitative estimate of drug-likeness (QED) is 0.123. The smallest absolute Gasteiger partial charge is 0.378 e. The van der Waals surface area contributed by atoms with Gasteiger partial charge in [0.05, 0.1) is 57.5 Å². The Morgan fingerprint density at radius 2 is 1.21 bits per heavy atom. The molecule has 12 amide bonds. The largest absolute Gasteiger partial charge is 0.393 e. The summed E-state index contributed by atoms with van der Waals surface area (Å²) in [5.74, 6) is -16.7. The first-order valence-electron chi connectivity index (χ1n) is 38.7. The van der Waals surface area contributed by atoms with Crippen LogP contribution in [0.1, 0.15) is 182 Å². The summed E-state index contributed by atoms with van der Waals surface area (Å²) in [6, 6.07) is -10.3. The molecule has 7 aliphatic rings. The van der Waals surface area contributed by atoms with Gasteiger partial charge in [0.25, 0.3) is 0 Å². The Hall–Kier alpha value is -6.74. The molecule has 3 unspecified atom stereocenters. The highest BCUT2D eigenvalue weighted by molar-refractivity contribution is 6.21. The number of nitrogens with zero attached hydrogens (tertiary/aromatic N) is 9. The minimum Gasteiger partial charge on any atom is -0.378 e. The van der Waals surface area contributed by atoms with E-state index in [1.165, 1.54) is 42.9 Å². The molecule has 25 nitrogen and oxygen atoms in total. The number of ether oxygens (including phenoxy) is 1. The van der Waals surface area contributed by atoms with Gasteiger partial charge in [-0.05, 0) is 139 Å². The third-order valence-electron chi connectivity index (χ3n) is 23.9. The van der Waals surface area contributed by atoms with E-state index in [-0.39, 0.29) is 122 Å². The van der Waals surface area contributed by atoms with E-state index in [9.17, 15) is 63.5 Å². The molecule has 3 N–H and O–H groups in total. The maximum absolute atomic E-state index is 15.7. The summed E-state index contributed by atoms with van der Waals surface area (Å²) in [6.45, 7) is 3.32. The number of carbonyl (C=O) groups is 12. The molecule has 1 spiro atoms. The zero-order valence-corrected chi connectivity index (χ0v) is 65.4. The molecule has 618 valence electrons. The fourth-order valence-corrected chi connectivity index (χ4v) is 17.6. The number of hydrogen-bond acceptors (Lipinski definition) is 13. The fraction of sp³-hybridized carbons (Fsp3) is 0.838. The van der Waals surface area contributed by atoms with Crippen LogP contribution >= 0.6 is 11.6 Å². The molecule has 35 heteroatoms. The number of hydrogen-bond donors (Lipinski definition) is 3. The topological polar surface area (TPSA) is 279 Å². The molecule has 7 fully saturated rings. The lowest BCUT2D eigenvalue weighted by Crippen LogP contribution is -2.65. The summed E-state index contributed by atoms with van der Waals surface area (Å²) < 4.78 is 133. The molecule has 4 saturated carbocycles. The van der Waals surface area contributed by atoms with Crippen molar-refractivity contribution in [3.8, 4) is 0 Å². The predicted molar refractivity (Wildman–Crippen MR) is 381 cm³/mol. The molecule has 0 aromatic carbocycles. The number of halogens is 10. The van der Waals surface area contributed by atoms with Crippen molar-refractivity contribution in [1.82, 2.24) is 60.0 Å². The number of carbonyl (C=O) groups excluding carboxylic acids is 12. The van der Waals surface area contributed by atoms with E-state index in [4.69, 9.17) is 16.3 Å². The van der Waals surface area contributed by atoms with Crippen LogP contribution in [0.15, 0.2) is 0 Å². The molecule has 0 aromatic heterocycles. The molecule has 11 atom stereocenters. The monoisotopic (exact) mass is 1580 g/mol. The first-order chi connectivity index (χ1) is 51.0. The van der Waals surface area contributed by atoms with Crippen LogP contribution in [0.2, 0.25) is 0 Å². The minimum absolute atomic E-state index is 0.00743. The normalized spacial score (nSPS) is 30.0. The average molecular weight is 1590 g/mol. The minimum atomic E-state index is -4.99. The second-order valence-electron chi connectivity index (χ2n) is 32.1. The van der Waals surface area contributed by atoms with Crippen molar-refractivity contribution in [2.24, 2.45) is 41.4 Å². The lowest BCUT2D eigenvalue weighted by molar-refractivity contribution is -0.184. The molecule has 3 aliphatic heterocycles. The van der Waals surface area contributed by atoms with Crippen LogP contribution in [-0.2, 0) is 62.3 Å². The lowest BCUT2D eigenvalue weighted by Gasteiger charge is -2.42. The standard InChI is InChI=1S/C74H114ClF9N12O13/c1-11-45(4)61-68(106)90(7)42-59(99)88(5)43-60(100)95(32-30-72(76,77)78)56(39-47-20-24-49(25-21-47)73(79,80)81)66(104)89(6)41-57(97)85-52(27-23-46-22-26-50(51(75)38-46)74(82,83)84)65(103)96-31-16-19-53(96)64(102)87-71(28-14-15-29-71)70(108)93(10)62(48-17-12-13-18-48)69(107)92(9)55(67(105)94-33-35-109-36-34-94)40-58(98)91(8)54(37-44(2)3)63(101)86-61/h44-56,61-62H,11-43H2,1-10H3,(H,85,97)(H,86,101)(H,87,102)/t45-,46?,47?,49?,50?,51?,52-,53-,54-,55-,56-,61-,62-/m0/s1. The van der Waals surface area contributed by atoms with Crippen LogP contribution in [0.4, 0.5) is 39.5 Å². The van der Waals surface area contributed by atoms with Gasteiger partial charge in [0, 0.05) is 73.8 Å². The Labute approximate surface area is 638 Å². The molecule has 7 rings (SSSR count). The molecule has 3 heterocycles. The van der Waals surface area contributed by atoms with Gasteiger partial charge in [0.2, 0.25) is 70.9 Å². The summed E-state index contributed by atoms with van der Waals surface area (Å²) in [7, 11) is 7.55. The molecule has 0 radical (unpaired) electrons. The van der Waals surface area contributed by atoms with E-state index in [0.29, 0.717) is 43.4 Å². The van der Waals surface area contributed by atoms with Gasteiger partial charge in [-0.3, -0.25) is 57.5 Å². The predicted octanol–water partition coefficient (Wildman–Crippen LogP) is 7.05. The van der Waals surface area contributed by atoms with E-state index < -0.39 is 236 Å². The molecule has 0 aromatic rings. The van der Waals surface area contributed by atoms with Crippen LogP contribution < -0.4 is 16.0 Å². The van der Waals surface area contributed by atoms with Crippen molar-refractivity contribution >= 4 is 82.5 Å². The van der Waals surface area contributed by atoms with E-state index in [2.05, 4.69) is 16.0 Å². The van der Waals surface area contributed by atoms with Crippen LogP contribution in [0.3, 0.4) is 0 Å². The summed E-state index contributed by atoms with van der Waals surface area (Å²) in [5.41, 5.74) is -1.67. The highest BCUT2D eigenvalue weighted by Gasteiger charge is 2.53. The Morgan fingerprint density at radius 1 is 0.606 bits per heavy atom. The van der Waals surface area contributed by atoms with Gasteiger partial charge in [-0.1, -0.05) is 59.8 Å². The van der Waals surface area contributed by atoms with Gasteiger partial charge in [-0.25, -0.2) is 0 Å². The van der Waals surface area contributed by atoms with Crippen molar-refractivity contribution in [1.29, 1.82) is 0 Å². The summed E-state index contributed by atoms with van der Waals surface area (Å²) >= 11 is 6.37. The second kappa shape index (κ2) is 38.7. The molecule has 0 bridgehead atoms. The Morgan fingerprint density at radius 3 is 1.79 bits per heavy atom. The Bertz CT molecular complexity index is 3200. The molecular weight excluding hydrogens is 1470 g/mol. The van der Waals surface area contributed by atoms with E-state index in [0.717, 1.165) is 38.6 Å².